The van der Waals surface area contributed by atoms with Crippen molar-refractivity contribution < 1.29 is 18.8 Å². The molecule has 0 spiro atoms. The summed E-state index contributed by atoms with van der Waals surface area (Å²) in [6.07, 6.45) is 0. The average Bonchev–Trinajstić information content (AvgIpc) is 2.39. The summed E-state index contributed by atoms with van der Waals surface area (Å²) in [5.41, 5.74) is -0.366. The highest BCUT2D eigenvalue weighted by Gasteiger charge is 2.23. The van der Waals surface area contributed by atoms with Gasteiger partial charge in [-0.15, -0.1) is 0 Å². The number of nitrogens with zero attached hydrogens (tertiary/aromatic N) is 2. The van der Waals surface area contributed by atoms with Gasteiger partial charge >= 0.3 is 5.97 Å². The van der Waals surface area contributed by atoms with E-state index in [1.165, 1.54) is 4.90 Å². The molecule has 0 N–H and O–H groups in total. The number of carbonyl (C=O) groups excluding carboxylic acids is 1. The van der Waals surface area contributed by atoms with Crippen LogP contribution >= 0.6 is 11.6 Å². The molecule has 0 saturated heterocycles. The Morgan fingerprint density at radius 2 is 2.15 bits per heavy atom. The molecule has 0 aromatic heterocycles. The van der Waals surface area contributed by atoms with Gasteiger partial charge in [-0.1, -0.05) is 11.6 Å². The first kappa shape index (κ1) is 16.2. The van der Waals surface area contributed by atoms with Crippen molar-refractivity contribution in [3.63, 3.8) is 0 Å². The molecule has 110 valence electrons. The fraction of sp³-hybridized carbons (Fsp3) is 0.417. The third kappa shape index (κ3) is 3.80. The number of anilines is 1. The fourth-order valence-corrected chi connectivity index (χ4v) is 1.81. The quantitative estimate of drug-likeness (QED) is 0.459. The number of ether oxygens (including phenoxy) is 1. The summed E-state index contributed by atoms with van der Waals surface area (Å²) in [5, 5.41) is 10.7. The van der Waals surface area contributed by atoms with Crippen LogP contribution in [0.1, 0.15) is 13.8 Å². The number of nitro benzene ring substituents is 1. The smallest absolute Gasteiger partial charge is 0.325 e. The number of carbonyl (C=O) groups is 1. The third-order valence-electron chi connectivity index (χ3n) is 2.56. The first-order valence-electron chi connectivity index (χ1n) is 5.94. The molecular formula is C12H14ClFN2O4. The summed E-state index contributed by atoms with van der Waals surface area (Å²) in [5.74, 6) is -1.33. The molecular weight excluding hydrogens is 291 g/mol. The maximum absolute atomic E-state index is 13.5. The summed E-state index contributed by atoms with van der Waals surface area (Å²) < 4.78 is 18.3. The lowest BCUT2D eigenvalue weighted by atomic mass is 10.2. The minimum Gasteiger partial charge on any atom is -0.465 e. The van der Waals surface area contributed by atoms with Gasteiger partial charge in [-0.3, -0.25) is 14.9 Å². The molecule has 0 fully saturated rings. The highest BCUT2D eigenvalue weighted by atomic mass is 35.5. The summed E-state index contributed by atoms with van der Waals surface area (Å²) in [6.45, 7) is 3.62. The molecule has 20 heavy (non-hydrogen) atoms. The van der Waals surface area contributed by atoms with E-state index in [2.05, 4.69) is 0 Å². The van der Waals surface area contributed by atoms with Crippen LogP contribution in [0.15, 0.2) is 12.1 Å². The zero-order valence-electron chi connectivity index (χ0n) is 11.1. The molecule has 0 atom stereocenters. The number of hydrogen-bond acceptors (Lipinski definition) is 5. The van der Waals surface area contributed by atoms with Crippen LogP contribution in [0, 0.1) is 15.9 Å². The number of rotatable bonds is 6. The zero-order chi connectivity index (χ0) is 15.3. The van der Waals surface area contributed by atoms with Gasteiger partial charge in [0.25, 0.3) is 5.69 Å². The van der Waals surface area contributed by atoms with E-state index in [4.69, 9.17) is 16.3 Å². The number of nitro groups is 1. The lowest BCUT2D eigenvalue weighted by molar-refractivity contribution is -0.384. The van der Waals surface area contributed by atoms with E-state index in [1.54, 1.807) is 13.8 Å². The first-order valence-corrected chi connectivity index (χ1v) is 6.32. The number of likely N-dealkylation sites (N-methyl/N-ethyl adjacent to an activating group) is 1. The van der Waals surface area contributed by atoms with Crippen molar-refractivity contribution in [1.29, 1.82) is 0 Å². The predicted molar refractivity (Wildman–Crippen MR) is 72.6 cm³/mol. The van der Waals surface area contributed by atoms with Gasteiger partial charge < -0.3 is 9.64 Å². The van der Waals surface area contributed by atoms with E-state index >= 15 is 0 Å². The molecule has 1 rings (SSSR count). The second-order valence-electron chi connectivity index (χ2n) is 3.83. The van der Waals surface area contributed by atoms with E-state index in [0.29, 0.717) is 0 Å². The molecule has 0 heterocycles. The molecule has 0 bridgehead atoms. The minimum absolute atomic E-state index is 0.00699. The van der Waals surface area contributed by atoms with Gasteiger partial charge in [0, 0.05) is 18.7 Å². The number of benzene rings is 1. The van der Waals surface area contributed by atoms with Gasteiger partial charge in [0.15, 0.2) is 0 Å². The molecule has 0 amide bonds. The first-order chi connectivity index (χ1) is 9.40. The van der Waals surface area contributed by atoms with Crippen LogP contribution in [0.3, 0.4) is 0 Å². The third-order valence-corrected chi connectivity index (χ3v) is 2.85. The molecule has 8 heteroatoms. The molecule has 0 aliphatic carbocycles. The second-order valence-corrected chi connectivity index (χ2v) is 4.24. The lowest BCUT2D eigenvalue weighted by Gasteiger charge is -2.21. The Labute approximate surface area is 120 Å². The fourth-order valence-electron chi connectivity index (χ4n) is 1.66. The normalized spacial score (nSPS) is 10.2. The van der Waals surface area contributed by atoms with E-state index in [0.717, 1.165) is 12.1 Å². The molecule has 1 aromatic rings. The summed E-state index contributed by atoms with van der Waals surface area (Å²) in [7, 11) is 0. The van der Waals surface area contributed by atoms with Crippen molar-refractivity contribution in [2.45, 2.75) is 13.8 Å². The Morgan fingerprint density at radius 3 is 2.65 bits per heavy atom. The highest BCUT2D eigenvalue weighted by Crippen LogP contribution is 2.33. The summed E-state index contributed by atoms with van der Waals surface area (Å²) in [6, 6.07) is 1.88. The lowest BCUT2D eigenvalue weighted by Crippen LogP contribution is -2.31. The van der Waals surface area contributed by atoms with Gasteiger partial charge in [0.05, 0.1) is 16.6 Å². The van der Waals surface area contributed by atoms with E-state index in [1.807, 2.05) is 0 Å². The van der Waals surface area contributed by atoms with Crippen LogP contribution in [0.5, 0.6) is 0 Å². The van der Waals surface area contributed by atoms with E-state index < -0.39 is 16.7 Å². The maximum Gasteiger partial charge on any atom is 0.325 e. The minimum atomic E-state index is -0.783. The monoisotopic (exact) mass is 304 g/mol. The Balaban J connectivity index is 3.16. The van der Waals surface area contributed by atoms with Gasteiger partial charge in [-0.25, -0.2) is 4.39 Å². The molecule has 0 radical (unpaired) electrons. The topological polar surface area (TPSA) is 72.7 Å². The molecule has 0 aliphatic rings. The van der Waals surface area contributed by atoms with Gasteiger partial charge in [-0.2, -0.15) is 0 Å². The Hall–Kier alpha value is -1.89. The zero-order valence-corrected chi connectivity index (χ0v) is 11.8. The summed E-state index contributed by atoms with van der Waals surface area (Å²) >= 11 is 5.54. The number of hydrogen-bond donors (Lipinski definition) is 0. The van der Waals surface area contributed by atoms with Crippen LogP contribution in [0.4, 0.5) is 15.8 Å². The number of halogens is 2. The van der Waals surface area contributed by atoms with Crippen LogP contribution in [0.25, 0.3) is 0 Å². The number of esters is 1. The van der Waals surface area contributed by atoms with Gasteiger partial charge in [0.2, 0.25) is 0 Å². The molecule has 6 nitrogen and oxygen atoms in total. The van der Waals surface area contributed by atoms with Gasteiger partial charge in [-0.05, 0) is 13.8 Å². The Kier molecular flexibility index (Phi) is 5.69. The van der Waals surface area contributed by atoms with Crippen molar-refractivity contribution >= 4 is 28.9 Å². The standard InChI is InChI=1S/C12H14ClFN2O4/c1-3-15(7-12(17)20-4-2)10-6-9(14)8(13)5-11(10)16(18)19/h5-6H,3-4,7H2,1-2H3. The molecule has 0 unspecified atom stereocenters. The SMILES string of the molecule is CCOC(=O)CN(CC)c1cc(F)c(Cl)cc1[N+](=O)[O-]. The van der Waals surface area contributed by atoms with Crippen LogP contribution < -0.4 is 4.90 Å². The van der Waals surface area contributed by atoms with Crippen LogP contribution in [-0.2, 0) is 9.53 Å². The largest absolute Gasteiger partial charge is 0.465 e. The van der Waals surface area contributed by atoms with Crippen LogP contribution in [0.2, 0.25) is 5.02 Å². The Morgan fingerprint density at radius 1 is 1.50 bits per heavy atom. The average molecular weight is 305 g/mol. The van der Waals surface area contributed by atoms with Crippen molar-refractivity contribution in [2.75, 3.05) is 24.6 Å². The Bertz CT molecular complexity index is 524. The second kappa shape index (κ2) is 7.04. The van der Waals surface area contributed by atoms with Crippen molar-refractivity contribution in [3.8, 4) is 0 Å². The molecule has 1 aromatic carbocycles. The van der Waals surface area contributed by atoms with E-state index in [-0.39, 0.29) is 36.1 Å². The van der Waals surface area contributed by atoms with Crippen molar-refractivity contribution in [2.24, 2.45) is 0 Å². The molecule has 0 aliphatic heterocycles. The van der Waals surface area contributed by atoms with E-state index in [9.17, 15) is 19.3 Å². The molecule has 0 saturated carbocycles. The van der Waals surface area contributed by atoms with Crippen molar-refractivity contribution in [1.82, 2.24) is 0 Å². The predicted octanol–water partition coefficient (Wildman–Crippen LogP) is 2.78. The highest BCUT2D eigenvalue weighted by molar-refractivity contribution is 6.31. The summed E-state index contributed by atoms with van der Waals surface area (Å²) in [4.78, 5) is 23.1. The van der Waals surface area contributed by atoms with Crippen molar-refractivity contribution in [3.05, 3.63) is 33.1 Å². The van der Waals surface area contributed by atoms with Crippen LogP contribution in [-0.4, -0.2) is 30.6 Å². The maximum atomic E-state index is 13.5. The van der Waals surface area contributed by atoms with Gasteiger partial charge in [0.1, 0.15) is 18.0 Å².